The first-order chi connectivity index (χ1) is 6.79. The SMILES string of the molecule is COc1ccc(Br)c(CC2COC2)c1. The third-order valence-electron chi connectivity index (χ3n) is 2.47. The van der Waals surface area contributed by atoms with E-state index in [4.69, 9.17) is 9.47 Å². The van der Waals surface area contributed by atoms with E-state index in [2.05, 4.69) is 22.0 Å². The molecule has 1 saturated heterocycles. The van der Waals surface area contributed by atoms with E-state index in [0.29, 0.717) is 5.92 Å². The van der Waals surface area contributed by atoms with E-state index in [9.17, 15) is 0 Å². The van der Waals surface area contributed by atoms with Crippen LogP contribution in [0.5, 0.6) is 5.75 Å². The topological polar surface area (TPSA) is 18.5 Å². The Morgan fingerprint density at radius 2 is 2.29 bits per heavy atom. The molecule has 1 aliphatic heterocycles. The fraction of sp³-hybridized carbons (Fsp3) is 0.455. The Hall–Kier alpha value is -0.540. The molecule has 0 aliphatic carbocycles. The maximum absolute atomic E-state index is 5.19. The number of halogens is 1. The summed E-state index contributed by atoms with van der Waals surface area (Å²) in [5, 5.41) is 0. The first-order valence-electron chi connectivity index (χ1n) is 4.70. The lowest BCUT2D eigenvalue weighted by molar-refractivity contribution is -0.0313. The van der Waals surface area contributed by atoms with E-state index in [1.54, 1.807) is 7.11 Å². The summed E-state index contributed by atoms with van der Waals surface area (Å²) in [6, 6.07) is 6.08. The van der Waals surface area contributed by atoms with Crippen molar-refractivity contribution < 1.29 is 9.47 Å². The third kappa shape index (κ3) is 2.10. The van der Waals surface area contributed by atoms with Crippen molar-refractivity contribution in [3.63, 3.8) is 0 Å². The Morgan fingerprint density at radius 1 is 1.50 bits per heavy atom. The summed E-state index contributed by atoms with van der Waals surface area (Å²) < 4.78 is 11.5. The molecule has 14 heavy (non-hydrogen) atoms. The predicted molar refractivity (Wildman–Crippen MR) is 58.7 cm³/mol. The Morgan fingerprint density at radius 3 is 2.86 bits per heavy atom. The van der Waals surface area contributed by atoms with Crippen molar-refractivity contribution in [3.8, 4) is 5.75 Å². The lowest BCUT2D eigenvalue weighted by atomic mass is 9.98. The molecular formula is C11H13BrO2. The number of benzene rings is 1. The zero-order valence-electron chi connectivity index (χ0n) is 8.13. The maximum Gasteiger partial charge on any atom is 0.119 e. The predicted octanol–water partition coefficient (Wildman–Crippen LogP) is 2.65. The summed E-state index contributed by atoms with van der Waals surface area (Å²) in [4.78, 5) is 0. The molecule has 1 aromatic carbocycles. The Kier molecular flexibility index (Phi) is 3.08. The number of methoxy groups -OCH3 is 1. The molecule has 1 aliphatic rings. The minimum atomic E-state index is 0.679. The second kappa shape index (κ2) is 4.32. The van der Waals surface area contributed by atoms with Gasteiger partial charge in [-0.3, -0.25) is 0 Å². The van der Waals surface area contributed by atoms with Gasteiger partial charge in [0.1, 0.15) is 5.75 Å². The van der Waals surface area contributed by atoms with Crippen LogP contribution in [0.25, 0.3) is 0 Å². The average Bonchev–Trinajstić information content (AvgIpc) is 2.14. The zero-order chi connectivity index (χ0) is 9.97. The first-order valence-corrected chi connectivity index (χ1v) is 5.49. The summed E-state index contributed by atoms with van der Waals surface area (Å²) in [5.41, 5.74) is 1.30. The number of hydrogen-bond acceptors (Lipinski definition) is 2. The molecule has 0 amide bonds. The summed E-state index contributed by atoms with van der Waals surface area (Å²) in [7, 11) is 1.69. The molecule has 0 spiro atoms. The zero-order valence-corrected chi connectivity index (χ0v) is 9.71. The highest BCUT2D eigenvalue weighted by Gasteiger charge is 2.19. The Balaban J connectivity index is 2.13. The lowest BCUT2D eigenvalue weighted by Gasteiger charge is -2.26. The minimum absolute atomic E-state index is 0.679. The van der Waals surface area contributed by atoms with Crippen LogP contribution >= 0.6 is 15.9 Å². The van der Waals surface area contributed by atoms with E-state index in [0.717, 1.165) is 29.9 Å². The molecule has 76 valence electrons. The highest BCUT2D eigenvalue weighted by molar-refractivity contribution is 9.10. The van der Waals surface area contributed by atoms with Crippen LogP contribution in [0.3, 0.4) is 0 Å². The van der Waals surface area contributed by atoms with Crippen LogP contribution in [0, 0.1) is 5.92 Å². The molecule has 2 rings (SSSR count). The van der Waals surface area contributed by atoms with Crippen molar-refractivity contribution in [2.24, 2.45) is 5.92 Å². The second-order valence-electron chi connectivity index (χ2n) is 3.56. The smallest absolute Gasteiger partial charge is 0.119 e. The summed E-state index contributed by atoms with van der Waals surface area (Å²) >= 11 is 3.55. The Bertz CT molecular complexity index is 321. The van der Waals surface area contributed by atoms with Crippen LogP contribution in [-0.2, 0) is 11.2 Å². The van der Waals surface area contributed by atoms with Gasteiger partial charge in [-0.15, -0.1) is 0 Å². The summed E-state index contributed by atoms with van der Waals surface area (Å²) in [6.07, 6.45) is 1.07. The van der Waals surface area contributed by atoms with Gasteiger partial charge in [-0.25, -0.2) is 0 Å². The van der Waals surface area contributed by atoms with Crippen LogP contribution < -0.4 is 4.74 Å². The Labute approximate surface area is 92.3 Å². The third-order valence-corrected chi connectivity index (χ3v) is 3.24. The molecule has 0 bridgehead atoms. The van der Waals surface area contributed by atoms with E-state index in [1.165, 1.54) is 5.56 Å². The van der Waals surface area contributed by atoms with Gasteiger partial charge in [0.15, 0.2) is 0 Å². The number of ether oxygens (including phenoxy) is 2. The molecule has 1 fully saturated rings. The quantitative estimate of drug-likeness (QED) is 0.828. The standard InChI is InChI=1S/C11H13BrO2/c1-13-10-2-3-11(12)9(5-10)4-8-6-14-7-8/h2-3,5,8H,4,6-7H2,1H3. The highest BCUT2D eigenvalue weighted by atomic mass is 79.9. The van der Waals surface area contributed by atoms with Crippen LogP contribution in [0.2, 0.25) is 0 Å². The monoisotopic (exact) mass is 256 g/mol. The molecule has 1 aromatic rings. The molecule has 3 heteroatoms. The van der Waals surface area contributed by atoms with E-state index in [-0.39, 0.29) is 0 Å². The summed E-state index contributed by atoms with van der Waals surface area (Å²) in [6.45, 7) is 1.79. The lowest BCUT2D eigenvalue weighted by Crippen LogP contribution is -2.29. The van der Waals surface area contributed by atoms with Crippen molar-refractivity contribution in [2.45, 2.75) is 6.42 Å². The van der Waals surface area contributed by atoms with E-state index < -0.39 is 0 Å². The fourth-order valence-electron chi connectivity index (χ4n) is 1.55. The van der Waals surface area contributed by atoms with Gasteiger partial charge < -0.3 is 9.47 Å². The van der Waals surface area contributed by atoms with Crippen LogP contribution in [0.1, 0.15) is 5.56 Å². The molecule has 0 N–H and O–H groups in total. The van der Waals surface area contributed by atoms with Gasteiger partial charge in [0.05, 0.1) is 20.3 Å². The first kappa shape index (κ1) is 9.99. The van der Waals surface area contributed by atoms with E-state index in [1.807, 2.05) is 12.1 Å². The van der Waals surface area contributed by atoms with Crippen molar-refractivity contribution in [2.75, 3.05) is 20.3 Å². The van der Waals surface area contributed by atoms with Gasteiger partial charge >= 0.3 is 0 Å². The molecule has 0 aromatic heterocycles. The van der Waals surface area contributed by atoms with Gasteiger partial charge in [0.2, 0.25) is 0 Å². The van der Waals surface area contributed by atoms with Gasteiger partial charge in [-0.05, 0) is 30.2 Å². The van der Waals surface area contributed by atoms with Crippen molar-refractivity contribution in [3.05, 3.63) is 28.2 Å². The normalized spacial score (nSPS) is 16.4. The second-order valence-corrected chi connectivity index (χ2v) is 4.42. The van der Waals surface area contributed by atoms with Crippen LogP contribution in [-0.4, -0.2) is 20.3 Å². The van der Waals surface area contributed by atoms with Crippen LogP contribution in [0.15, 0.2) is 22.7 Å². The van der Waals surface area contributed by atoms with Gasteiger partial charge in [0, 0.05) is 10.4 Å². The molecule has 2 nitrogen and oxygen atoms in total. The van der Waals surface area contributed by atoms with Gasteiger partial charge in [-0.2, -0.15) is 0 Å². The molecular weight excluding hydrogens is 244 g/mol. The molecule has 0 unspecified atom stereocenters. The molecule has 0 saturated carbocycles. The number of rotatable bonds is 3. The highest BCUT2D eigenvalue weighted by Crippen LogP contribution is 2.26. The average molecular weight is 257 g/mol. The minimum Gasteiger partial charge on any atom is -0.497 e. The fourth-order valence-corrected chi connectivity index (χ4v) is 1.96. The van der Waals surface area contributed by atoms with Gasteiger partial charge in [0.25, 0.3) is 0 Å². The van der Waals surface area contributed by atoms with Crippen molar-refractivity contribution >= 4 is 15.9 Å². The van der Waals surface area contributed by atoms with Gasteiger partial charge in [-0.1, -0.05) is 15.9 Å². The molecule has 1 heterocycles. The van der Waals surface area contributed by atoms with E-state index >= 15 is 0 Å². The maximum atomic E-state index is 5.19. The number of hydrogen-bond donors (Lipinski definition) is 0. The molecule has 0 radical (unpaired) electrons. The van der Waals surface area contributed by atoms with Crippen molar-refractivity contribution in [1.82, 2.24) is 0 Å². The van der Waals surface area contributed by atoms with Crippen LogP contribution in [0.4, 0.5) is 0 Å². The van der Waals surface area contributed by atoms with Crippen molar-refractivity contribution in [1.29, 1.82) is 0 Å². The largest absolute Gasteiger partial charge is 0.497 e. The summed E-state index contributed by atoms with van der Waals surface area (Å²) in [5.74, 6) is 1.60. The molecule has 0 atom stereocenters.